The summed E-state index contributed by atoms with van der Waals surface area (Å²) in [5.41, 5.74) is 5.51. The summed E-state index contributed by atoms with van der Waals surface area (Å²) < 4.78 is 0. The van der Waals surface area contributed by atoms with Gasteiger partial charge in [0.1, 0.15) is 5.75 Å². The Morgan fingerprint density at radius 2 is 1.54 bits per heavy atom. The Kier molecular flexibility index (Phi) is 3.39. The van der Waals surface area contributed by atoms with Crippen LogP contribution in [0.25, 0.3) is 33.2 Å². The lowest BCUT2D eigenvalue weighted by molar-refractivity contribution is 0.112. The minimum Gasteiger partial charge on any atom is -0.507 e. The van der Waals surface area contributed by atoms with E-state index < -0.39 is 0 Å². The molecule has 0 saturated heterocycles. The van der Waals surface area contributed by atoms with Gasteiger partial charge in [0.15, 0.2) is 6.29 Å². The summed E-state index contributed by atoms with van der Waals surface area (Å²) in [4.78, 5) is 14.2. The standard InChI is InChI=1S/C21H15NO2/c23-13-17-12-22-20-10-9-16(11-19(17)20)14-5-7-15(8-6-14)18-3-1-2-4-21(18)24/h1-13,22,24H. The average molecular weight is 313 g/mol. The van der Waals surface area contributed by atoms with E-state index in [1.54, 1.807) is 12.3 Å². The van der Waals surface area contributed by atoms with Crippen LogP contribution in [0.1, 0.15) is 10.4 Å². The van der Waals surface area contributed by atoms with Crippen LogP contribution < -0.4 is 0 Å². The molecule has 3 aromatic carbocycles. The molecule has 0 unspecified atom stereocenters. The lowest BCUT2D eigenvalue weighted by Gasteiger charge is -2.07. The van der Waals surface area contributed by atoms with Gasteiger partial charge in [0.05, 0.1) is 0 Å². The first kappa shape index (κ1) is 14.3. The number of rotatable bonds is 3. The van der Waals surface area contributed by atoms with E-state index in [2.05, 4.69) is 4.98 Å². The Morgan fingerprint density at radius 3 is 2.29 bits per heavy atom. The van der Waals surface area contributed by atoms with Gasteiger partial charge in [-0.1, -0.05) is 48.5 Å². The van der Waals surface area contributed by atoms with Gasteiger partial charge in [0, 0.05) is 28.2 Å². The summed E-state index contributed by atoms with van der Waals surface area (Å²) >= 11 is 0. The second-order valence-electron chi connectivity index (χ2n) is 5.72. The maximum atomic E-state index is 11.1. The van der Waals surface area contributed by atoms with Gasteiger partial charge in [-0.25, -0.2) is 0 Å². The highest BCUT2D eigenvalue weighted by Crippen LogP contribution is 2.31. The molecule has 24 heavy (non-hydrogen) atoms. The molecule has 0 bridgehead atoms. The molecular formula is C21H15NO2. The highest BCUT2D eigenvalue weighted by atomic mass is 16.3. The van der Waals surface area contributed by atoms with Crippen molar-refractivity contribution in [3.8, 4) is 28.0 Å². The summed E-state index contributed by atoms with van der Waals surface area (Å²) in [7, 11) is 0. The molecule has 0 aliphatic rings. The molecule has 4 aromatic rings. The molecule has 0 saturated carbocycles. The lowest BCUT2D eigenvalue weighted by Crippen LogP contribution is -1.82. The molecule has 2 N–H and O–H groups in total. The highest BCUT2D eigenvalue weighted by molar-refractivity contribution is 5.99. The summed E-state index contributed by atoms with van der Waals surface area (Å²) in [5.74, 6) is 0.273. The van der Waals surface area contributed by atoms with Crippen LogP contribution in [0.5, 0.6) is 5.75 Å². The van der Waals surface area contributed by atoms with Crippen molar-refractivity contribution >= 4 is 17.2 Å². The maximum Gasteiger partial charge on any atom is 0.152 e. The Bertz CT molecular complexity index is 1030. The van der Waals surface area contributed by atoms with Crippen LogP contribution in [0.4, 0.5) is 0 Å². The Labute approximate surface area is 139 Å². The van der Waals surface area contributed by atoms with Crippen LogP contribution >= 0.6 is 0 Å². The third-order valence-corrected chi connectivity index (χ3v) is 4.27. The number of hydrogen-bond donors (Lipinski definition) is 2. The average Bonchev–Trinajstić information content (AvgIpc) is 3.04. The molecular weight excluding hydrogens is 298 g/mol. The van der Waals surface area contributed by atoms with Crippen molar-refractivity contribution < 1.29 is 9.90 Å². The first-order valence-corrected chi connectivity index (χ1v) is 7.71. The SMILES string of the molecule is O=Cc1c[nH]c2ccc(-c3ccc(-c4ccccc4O)cc3)cc12. The van der Waals surface area contributed by atoms with Gasteiger partial charge in [-0.3, -0.25) is 4.79 Å². The molecule has 0 aliphatic carbocycles. The van der Waals surface area contributed by atoms with E-state index in [0.717, 1.165) is 39.4 Å². The first-order chi connectivity index (χ1) is 11.8. The molecule has 1 heterocycles. The monoisotopic (exact) mass is 313 g/mol. The van der Waals surface area contributed by atoms with Gasteiger partial charge >= 0.3 is 0 Å². The van der Waals surface area contributed by atoms with Crippen LogP contribution in [-0.2, 0) is 0 Å². The number of H-pyrrole nitrogens is 1. The van der Waals surface area contributed by atoms with Gasteiger partial charge in [0.2, 0.25) is 0 Å². The van der Waals surface area contributed by atoms with Gasteiger partial charge in [-0.05, 0) is 34.9 Å². The van der Waals surface area contributed by atoms with E-state index in [0.29, 0.717) is 5.56 Å². The zero-order chi connectivity index (χ0) is 16.5. The number of aromatic hydroxyl groups is 1. The minimum atomic E-state index is 0.273. The van der Waals surface area contributed by atoms with E-state index >= 15 is 0 Å². The summed E-state index contributed by atoms with van der Waals surface area (Å²) in [6, 6.07) is 21.4. The fourth-order valence-electron chi connectivity index (χ4n) is 2.98. The number of para-hydroxylation sites is 1. The van der Waals surface area contributed by atoms with Gasteiger partial charge in [-0.15, -0.1) is 0 Å². The second kappa shape index (κ2) is 5.70. The van der Waals surface area contributed by atoms with E-state index in [1.165, 1.54) is 0 Å². The van der Waals surface area contributed by atoms with Crippen LogP contribution in [0.3, 0.4) is 0 Å². The third kappa shape index (κ3) is 2.36. The largest absolute Gasteiger partial charge is 0.507 e. The molecule has 0 aliphatic heterocycles. The molecule has 0 fully saturated rings. The lowest BCUT2D eigenvalue weighted by atomic mass is 9.98. The number of carbonyl (C=O) groups is 1. The molecule has 0 atom stereocenters. The molecule has 4 rings (SSSR count). The molecule has 0 radical (unpaired) electrons. The molecule has 0 amide bonds. The zero-order valence-corrected chi connectivity index (χ0v) is 12.9. The number of aromatic amines is 1. The zero-order valence-electron chi connectivity index (χ0n) is 12.9. The number of aldehydes is 1. The summed E-state index contributed by atoms with van der Waals surface area (Å²) in [6.45, 7) is 0. The van der Waals surface area contributed by atoms with Gasteiger partial charge in [-0.2, -0.15) is 0 Å². The molecule has 116 valence electrons. The van der Waals surface area contributed by atoms with Gasteiger partial charge in [0.25, 0.3) is 0 Å². The second-order valence-corrected chi connectivity index (χ2v) is 5.72. The first-order valence-electron chi connectivity index (χ1n) is 7.71. The van der Waals surface area contributed by atoms with E-state index in [9.17, 15) is 9.90 Å². The predicted octanol–water partition coefficient (Wildman–Crippen LogP) is 5.02. The topological polar surface area (TPSA) is 53.1 Å². The smallest absolute Gasteiger partial charge is 0.152 e. The maximum absolute atomic E-state index is 11.1. The molecule has 3 nitrogen and oxygen atoms in total. The number of phenolic OH excluding ortho intramolecular Hbond substituents is 1. The van der Waals surface area contributed by atoms with Crippen molar-refractivity contribution in [1.82, 2.24) is 4.98 Å². The van der Waals surface area contributed by atoms with Crippen molar-refractivity contribution in [2.45, 2.75) is 0 Å². The Balaban J connectivity index is 1.75. The van der Waals surface area contributed by atoms with Crippen molar-refractivity contribution in [2.75, 3.05) is 0 Å². The molecule has 3 heteroatoms. The highest BCUT2D eigenvalue weighted by Gasteiger charge is 2.07. The van der Waals surface area contributed by atoms with Crippen molar-refractivity contribution in [3.05, 3.63) is 78.5 Å². The number of fused-ring (bicyclic) bond motifs is 1. The van der Waals surface area contributed by atoms with Crippen molar-refractivity contribution in [2.24, 2.45) is 0 Å². The van der Waals surface area contributed by atoms with E-state index in [1.807, 2.05) is 60.7 Å². The van der Waals surface area contributed by atoms with Crippen molar-refractivity contribution in [3.63, 3.8) is 0 Å². The summed E-state index contributed by atoms with van der Waals surface area (Å²) in [6.07, 6.45) is 2.59. The Hall–Kier alpha value is -3.33. The number of carbonyl (C=O) groups excluding carboxylic acids is 1. The molecule has 0 spiro atoms. The van der Waals surface area contributed by atoms with Crippen LogP contribution in [0, 0.1) is 0 Å². The van der Waals surface area contributed by atoms with Crippen molar-refractivity contribution in [1.29, 1.82) is 0 Å². The fraction of sp³-hybridized carbons (Fsp3) is 0. The number of aromatic nitrogens is 1. The van der Waals surface area contributed by atoms with Crippen LogP contribution in [0.15, 0.2) is 72.9 Å². The number of hydrogen-bond acceptors (Lipinski definition) is 2. The van der Waals surface area contributed by atoms with Crippen LogP contribution in [-0.4, -0.2) is 16.4 Å². The minimum absolute atomic E-state index is 0.273. The normalized spacial score (nSPS) is 10.8. The third-order valence-electron chi connectivity index (χ3n) is 4.27. The number of nitrogens with one attached hydrogen (secondary N) is 1. The quantitative estimate of drug-likeness (QED) is 0.522. The van der Waals surface area contributed by atoms with Crippen LogP contribution in [0.2, 0.25) is 0 Å². The van der Waals surface area contributed by atoms with E-state index in [4.69, 9.17) is 0 Å². The summed E-state index contributed by atoms with van der Waals surface area (Å²) in [5, 5.41) is 10.9. The predicted molar refractivity (Wildman–Crippen MR) is 96.2 cm³/mol. The number of benzene rings is 3. The Morgan fingerprint density at radius 1 is 0.833 bits per heavy atom. The fourth-order valence-corrected chi connectivity index (χ4v) is 2.98. The number of phenols is 1. The van der Waals surface area contributed by atoms with Gasteiger partial charge < -0.3 is 10.1 Å². The molecule has 1 aromatic heterocycles. The van der Waals surface area contributed by atoms with E-state index in [-0.39, 0.29) is 5.75 Å².